The Morgan fingerprint density at radius 3 is 2.88 bits per heavy atom. The van der Waals surface area contributed by atoms with Crippen LogP contribution in [0.1, 0.15) is 0 Å². The first-order valence-electron chi connectivity index (χ1n) is 7.41. The van der Waals surface area contributed by atoms with E-state index in [4.69, 9.17) is 0 Å². The molecule has 0 saturated carbocycles. The van der Waals surface area contributed by atoms with E-state index in [2.05, 4.69) is 30.9 Å². The highest BCUT2D eigenvalue weighted by atomic mass is 19.1. The van der Waals surface area contributed by atoms with E-state index < -0.39 is 17.5 Å². The molecule has 1 amide bonds. The predicted octanol–water partition coefficient (Wildman–Crippen LogP) is 1.30. The number of halogens is 2. The summed E-state index contributed by atoms with van der Waals surface area (Å²) in [5, 5.41) is 17.1. The van der Waals surface area contributed by atoms with Gasteiger partial charge in [0.25, 0.3) is 0 Å². The molecular formula is C15H10F2N8O. The molecule has 3 heterocycles. The second-order valence-corrected chi connectivity index (χ2v) is 5.34. The summed E-state index contributed by atoms with van der Waals surface area (Å²) in [7, 11) is 0. The first-order valence-corrected chi connectivity index (χ1v) is 7.41. The lowest BCUT2D eigenvalue weighted by atomic mass is 10.1. The molecule has 3 aromatic heterocycles. The number of benzene rings is 1. The van der Waals surface area contributed by atoms with Crippen LogP contribution in [-0.2, 0) is 11.3 Å². The van der Waals surface area contributed by atoms with Crippen LogP contribution in [0.15, 0.2) is 42.9 Å². The van der Waals surface area contributed by atoms with Gasteiger partial charge in [0.05, 0.1) is 0 Å². The van der Waals surface area contributed by atoms with Crippen LogP contribution in [0, 0.1) is 11.6 Å². The zero-order valence-corrected chi connectivity index (χ0v) is 13.0. The number of carbonyl (C=O) groups excluding carboxylic acids is 1. The summed E-state index contributed by atoms with van der Waals surface area (Å²) in [6, 6.07) is 6.38. The molecule has 4 rings (SSSR count). The summed E-state index contributed by atoms with van der Waals surface area (Å²) < 4.78 is 29.9. The van der Waals surface area contributed by atoms with E-state index in [0.717, 1.165) is 18.2 Å². The Labute approximate surface area is 144 Å². The van der Waals surface area contributed by atoms with Crippen molar-refractivity contribution in [2.75, 3.05) is 5.32 Å². The highest BCUT2D eigenvalue weighted by Gasteiger charge is 2.12. The molecule has 130 valence electrons. The molecule has 0 fully saturated rings. The molecule has 26 heavy (non-hydrogen) atoms. The van der Waals surface area contributed by atoms with E-state index in [1.54, 1.807) is 12.1 Å². The molecule has 9 nitrogen and oxygen atoms in total. The van der Waals surface area contributed by atoms with E-state index in [-0.39, 0.29) is 18.1 Å². The van der Waals surface area contributed by atoms with Gasteiger partial charge in [0.15, 0.2) is 5.65 Å². The number of fused-ring (bicyclic) bond motifs is 1. The normalized spacial score (nSPS) is 11.0. The van der Waals surface area contributed by atoms with Crippen molar-refractivity contribution < 1.29 is 13.6 Å². The third kappa shape index (κ3) is 3.09. The molecule has 1 aromatic carbocycles. The Bertz CT molecular complexity index is 1090. The van der Waals surface area contributed by atoms with Gasteiger partial charge in [-0.2, -0.15) is 4.98 Å². The molecule has 0 atom stereocenters. The van der Waals surface area contributed by atoms with Gasteiger partial charge in [-0.25, -0.2) is 18.0 Å². The van der Waals surface area contributed by atoms with Crippen molar-refractivity contribution in [2.45, 2.75) is 6.54 Å². The fourth-order valence-electron chi connectivity index (χ4n) is 2.38. The zero-order chi connectivity index (χ0) is 18.1. The fraction of sp³-hybridized carbons (Fsp3) is 0.0667. The van der Waals surface area contributed by atoms with Gasteiger partial charge in [-0.1, -0.05) is 0 Å². The summed E-state index contributed by atoms with van der Waals surface area (Å²) in [6.45, 7) is -0.0949. The Morgan fingerprint density at radius 1 is 1.19 bits per heavy atom. The average Bonchev–Trinajstić information content (AvgIpc) is 3.25. The van der Waals surface area contributed by atoms with Crippen molar-refractivity contribution in [1.82, 2.24) is 34.8 Å². The van der Waals surface area contributed by atoms with Gasteiger partial charge in [0, 0.05) is 17.3 Å². The van der Waals surface area contributed by atoms with Crippen LogP contribution in [0.5, 0.6) is 0 Å². The third-order valence-electron chi connectivity index (χ3n) is 3.52. The molecule has 0 saturated heterocycles. The monoisotopic (exact) mass is 356 g/mol. The number of tetrazole rings is 1. The SMILES string of the molecule is O=C(Cn1cnnn1)Nc1nc2ccc(-c3cc(F)ccc3F)cn2n1. The second kappa shape index (κ2) is 6.27. The predicted molar refractivity (Wildman–Crippen MR) is 84.8 cm³/mol. The van der Waals surface area contributed by atoms with Crippen molar-refractivity contribution >= 4 is 17.5 Å². The Kier molecular flexibility index (Phi) is 3.80. The van der Waals surface area contributed by atoms with Crippen molar-refractivity contribution in [2.24, 2.45) is 0 Å². The van der Waals surface area contributed by atoms with Crippen LogP contribution in [0.4, 0.5) is 14.7 Å². The lowest BCUT2D eigenvalue weighted by Crippen LogP contribution is -2.19. The Balaban J connectivity index is 1.59. The van der Waals surface area contributed by atoms with Gasteiger partial charge in [-0.05, 0) is 40.8 Å². The van der Waals surface area contributed by atoms with Gasteiger partial charge < -0.3 is 0 Å². The maximum Gasteiger partial charge on any atom is 0.249 e. The number of pyridine rings is 1. The third-order valence-corrected chi connectivity index (χ3v) is 3.52. The van der Waals surface area contributed by atoms with Crippen molar-refractivity contribution in [3.8, 4) is 11.1 Å². The maximum atomic E-state index is 13.9. The van der Waals surface area contributed by atoms with Crippen LogP contribution in [0.2, 0.25) is 0 Å². The standard InChI is InChI=1S/C15H10F2N8O/c16-10-2-3-12(17)11(5-10)9-1-4-13-19-15(21-25(13)6-9)20-14(26)7-24-8-18-22-23-24/h1-6,8H,7H2,(H,20,21,26). The molecule has 0 aliphatic rings. The van der Waals surface area contributed by atoms with Crippen LogP contribution >= 0.6 is 0 Å². The molecule has 11 heteroatoms. The highest BCUT2D eigenvalue weighted by molar-refractivity contribution is 5.88. The van der Waals surface area contributed by atoms with E-state index >= 15 is 0 Å². The van der Waals surface area contributed by atoms with Gasteiger partial charge in [0.1, 0.15) is 24.5 Å². The van der Waals surface area contributed by atoms with Gasteiger partial charge in [-0.3, -0.25) is 10.1 Å². The largest absolute Gasteiger partial charge is 0.292 e. The summed E-state index contributed by atoms with van der Waals surface area (Å²) in [5.41, 5.74) is 0.959. The van der Waals surface area contributed by atoms with E-state index in [0.29, 0.717) is 11.2 Å². The van der Waals surface area contributed by atoms with Gasteiger partial charge >= 0.3 is 0 Å². The van der Waals surface area contributed by atoms with E-state index in [1.165, 1.54) is 21.7 Å². The number of aromatic nitrogens is 7. The van der Waals surface area contributed by atoms with Crippen LogP contribution < -0.4 is 5.32 Å². The molecule has 0 aliphatic heterocycles. The topological polar surface area (TPSA) is 103 Å². The van der Waals surface area contributed by atoms with Crippen LogP contribution in [0.25, 0.3) is 16.8 Å². The minimum Gasteiger partial charge on any atom is -0.292 e. The molecule has 1 N–H and O–H groups in total. The number of amides is 1. The molecule has 0 spiro atoms. The van der Waals surface area contributed by atoms with Crippen LogP contribution in [-0.4, -0.2) is 40.7 Å². The average molecular weight is 356 g/mol. The van der Waals surface area contributed by atoms with E-state index in [1.807, 2.05) is 0 Å². The number of hydrogen-bond acceptors (Lipinski definition) is 6. The zero-order valence-electron chi connectivity index (χ0n) is 13.0. The van der Waals surface area contributed by atoms with Crippen molar-refractivity contribution in [1.29, 1.82) is 0 Å². The minimum atomic E-state index is -0.555. The Hall–Kier alpha value is -3.76. The first-order chi connectivity index (χ1) is 12.6. The molecule has 4 aromatic rings. The molecule has 0 radical (unpaired) electrons. The maximum absolute atomic E-state index is 13.9. The van der Waals surface area contributed by atoms with Crippen molar-refractivity contribution in [3.63, 3.8) is 0 Å². The fourth-order valence-corrected chi connectivity index (χ4v) is 2.38. The number of nitrogens with one attached hydrogen (secondary N) is 1. The number of hydrogen-bond donors (Lipinski definition) is 1. The van der Waals surface area contributed by atoms with Gasteiger partial charge in [-0.15, -0.1) is 10.2 Å². The molecule has 0 bridgehead atoms. The number of nitrogens with zero attached hydrogens (tertiary/aromatic N) is 7. The molecule has 0 unspecified atom stereocenters. The molecule has 0 aliphatic carbocycles. The number of carbonyl (C=O) groups is 1. The number of rotatable bonds is 4. The van der Waals surface area contributed by atoms with Crippen LogP contribution in [0.3, 0.4) is 0 Å². The van der Waals surface area contributed by atoms with Gasteiger partial charge in [0.2, 0.25) is 11.9 Å². The second-order valence-electron chi connectivity index (χ2n) is 5.34. The smallest absolute Gasteiger partial charge is 0.249 e. The highest BCUT2D eigenvalue weighted by Crippen LogP contribution is 2.24. The molecular weight excluding hydrogens is 346 g/mol. The van der Waals surface area contributed by atoms with Crippen molar-refractivity contribution in [3.05, 3.63) is 54.5 Å². The number of anilines is 1. The van der Waals surface area contributed by atoms with E-state index in [9.17, 15) is 13.6 Å². The summed E-state index contributed by atoms with van der Waals surface area (Å²) >= 11 is 0. The lowest BCUT2D eigenvalue weighted by molar-refractivity contribution is -0.117. The summed E-state index contributed by atoms with van der Waals surface area (Å²) in [5.74, 6) is -1.44. The quantitative estimate of drug-likeness (QED) is 0.591. The minimum absolute atomic E-state index is 0.0694. The lowest BCUT2D eigenvalue weighted by Gasteiger charge is -2.03. The summed E-state index contributed by atoms with van der Waals surface area (Å²) in [4.78, 5) is 16.1. The Morgan fingerprint density at radius 2 is 2.08 bits per heavy atom. The first kappa shape index (κ1) is 15.7. The summed E-state index contributed by atoms with van der Waals surface area (Å²) in [6.07, 6.45) is 2.80.